The molecule has 0 saturated carbocycles. The van der Waals surface area contributed by atoms with Crippen LogP contribution in [-0.2, 0) is 30.3 Å². The molecule has 2 N–H and O–H groups in total. The zero-order valence-corrected chi connectivity index (χ0v) is 32.0. The Bertz CT molecular complexity index is 2400. The van der Waals surface area contributed by atoms with Gasteiger partial charge in [0.25, 0.3) is 0 Å². The third-order valence-electron chi connectivity index (χ3n) is 12.2. The molecule has 0 spiro atoms. The number of hydrogen-bond acceptors (Lipinski definition) is 8. The number of likely N-dealkylation sites (tertiary alicyclic amines) is 1. The lowest BCUT2D eigenvalue weighted by Gasteiger charge is -2.37. The second kappa shape index (κ2) is 15.0. The summed E-state index contributed by atoms with van der Waals surface area (Å²) in [5.74, 6) is -0.421. The summed E-state index contributed by atoms with van der Waals surface area (Å²) in [7, 11) is 2.65. The number of esters is 1. The molecule has 13 heteroatoms. The Kier molecular flexibility index (Phi) is 9.59. The van der Waals surface area contributed by atoms with Gasteiger partial charge in [0, 0.05) is 53.7 Å². The van der Waals surface area contributed by atoms with Crippen molar-refractivity contribution in [1.29, 1.82) is 0 Å². The molecule has 3 aromatic carbocycles. The van der Waals surface area contributed by atoms with Gasteiger partial charge >= 0.3 is 12.1 Å². The number of alkyl carbamates (subject to hydrolysis) is 1. The van der Waals surface area contributed by atoms with Crippen molar-refractivity contribution in [2.75, 3.05) is 20.8 Å². The second-order valence-electron chi connectivity index (χ2n) is 15.5. The van der Waals surface area contributed by atoms with Crippen LogP contribution in [0.25, 0.3) is 27.7 Å². The highest BCUT2D eigenvalue weighted by molar-refractivity contribution is 6.01. The number of carbonyl (C=O) groups excluding carboxylic acids is 4. The predicted molar refractivity (Wildman–Crippen MR) is 213 cm³/mol. The van der Waals surface area contributed by atoms with Crippen LogP contribution in [0, 0.1) is 0 Å². The van der Waals surface area contributed by atoms with Crippen LogP contribution >= 0.6 is 0 Å². The van der Waals surface area contributed by atoms with E-state index in [9.17, 15) is 19.2 Å². The van der Waals surface area contributed by atoms with E-state index >= 15 is 0 Å². The minimum Gasteiger partial charge on any atom is -0.469 e. The van der Waals surface area contributed by atoms with Crippen molar-refractivity contribution >= 4 is 46.0 Å². The van der Waals surface area contributed by atoms with Crippen molar-refractivity contribution in [2.24, 2.45) is 4.99 Å². The average Bonchev–Trinajstić information content (AvgIpc) is 4.09. The van der Waals surface area contributed by atoms with Crippen molar-refractivity contribution in [2.45, 2.75) is 81.5 Å². The Morgan fingerprint density at radius 1 is 0.912 bits per heavy atom. The largest absolute Gasteiger partial charge is 0.469 e. The molecule has 57 heavy (non-hydrogen) atoms. The van der Waals surface area contributed by atoms with Crippen molar-refractivity contribution in [1.82, 2.24) is 29.7 Å². The molecule has 3 amide bonds. The lowest BCUT2D eigenvalue weighted by atomic mass is 9.93. The maximum Gasteiger partial charge on any atom is 0.407 e. The summed E-state index contributed by atoms with van der Waals surface area (Å²) < 4.78 is 11.8. The van der Waals surface area contributed by atoms with Crippen molar-refractivity contribution in [3.8, 4) is 16.9 Å². The highest BCUT2D eigenvalue weighted by Gasteiger charge is 2.45. The normalized spacial score (nSPS) is 21.9. The van der Waals surface area contributed by atoms with Gasteiger partial charge in [0.05, 0.1) is 56.2 Å². The lowest BCUT2D eigenvalue weighted by molar-refractivity contribution is -0.144. The molecule has 3 saturated heterocycles. The van der Waals surface area contributed by atoms with Gasteiger partial charge in [0.15, 0.2) is 0 Å². The van der Waals surface area contributed by atoms with E-state index in [4.69, 9.17) is 19.5 Å². The molecule has 4 aliphatic heterocycles. The van der Waals surface area contributed by atoms with Crippen molar-refractivity contribution in [3.05, 3.63) is 102 Å². The van der Waals surface area contributed by atoms with Crippen LogP contribution in [0.15, 0.2) is 90.3 Å². The molecule has 5 aromatic rings. The number of nitrogens with zero attached hydrogens (tertiary/aromatic N) is 5. The number of aliphatic imine (C=N–C) groups is 1. The summed E-state index contributed by atoms with van der Waals surface area (Å²) in [4.78, 5) is 68.9. The van der Waals surface area contributed by atoms with Crippen LogP contribution in [0.5, 0.6) is 0 Å². The Labute approximate surface area is 330 Å². The number of fused-ring (bicyclic) bond motifs is 3. The molecule has 13 nitrogen and oxygen atoms in total. The van der Waals surface area contributed by atoms with Crippen LogP contribution in [0.2, 0.25) is 0 Å². The first-order valence-electron chi connectivity index (χ1n) is 19.7. The van der Waals surface area contributed by atoms with E-state index < -0.39 is 24.0 Å². The number of carbonyl (C=O) groups is 4. The van der Waals surface area contributed by atoms with Crippen LogP contribution in [0.1, 0.15) is 73.9 Å². The summed E-state index contributed by atoms with van der Waals surface area (Å²) in [6.07, 6.45) is 11.0. The maximum atomic E-state index is 14.1. The average molecular weight is 768 g/mol. The lowest BCUT2D eigenvalue weighted by Crippen LogP contribution is -2.54. The topological polar surface area (TPSA) is 151 Å². The van der Waals surface area contributed by atoms with Gasteiger partial charge in [-0.3, -0.25) is 19.4 Å². The number of rotatable bonds is 9. The zero-order chi connectivity index (χ0) is 39.2. The minimum atomic E-state index is -0.611. The number of aromatic amines is 1. The molecule has 5 atom stereocenters. The standard InChI is InChI=1S/C44H45N7O6/c1-56-40(52)22-33(26-7-4-3-5-8-26)42(53)50-18-6-9-38(50)36-21-29-20-32(13-15-34(29)46-36)49-24-28-11-10-27(19-30(28)25-49)37-23-45-41(47-37)39-17-14-31-12-16-35(43(54)51(31)39)48-44(55)57-2/h3-5,7-8,10-11,13,15,19-20,23-25,31,33,35,38-39H,6,9,12,14,16-18,21-22H2,1-2H3,(H,45,47)(H,48,55)/t31-,33+,35-,38?,39-/m0/s1. The van der Waals surface area contributed by atoms with Gasteiger partial charge < -0.3 is 34.1 Å². The fraction of sp³-hybridized carbons (Fsp3) is 0.364. The number of hydrogen-bond donors (Lipinski definition) is 2. The summed E-state index contributed by atoms with van der Waals surface area (Å²) in [6, 6.07) is 21.4. The second-order valence-corrected chi connectivity index (χ2v) is 15.5. The van der Waals surface area contributed by atoms with Gasteiger partial charge in [-0.15, -0.1) is 0 Å². The third-order valence-corrected chi connectivity index (χ3v) is 12.2. The highest BCUT2D eigenvalue weighted by Crippen LogP contribution is 2.41. The predicted octanol–water partition coefficient (Wildman–Crippen LogP) is 6.54. The molecule has 4 aliphatic rings. The number of aromatic nitrogens is 3. The molecule has 0 bridgehead atoms. The number of ether oxygens (including phenoxy) is 2. The monoisotopic (exact) mass is 767 g/mol. The Morgan fingerprint density at radius 3 is 2.56 bits per heavy atom. The first-order chi connectivity index (χ1) is 27.8. The quantitative estimate of drug-likeness (QED) is 0.162. The number of amides is 3. The Hall–Kier alpha value is -6.24. The SMILES string of the molecule is COC(=O)C[C@@H](C(=O)N1CCCC1C1=Nc2ccc(-n3cc4ccc(-c5cnc([C@@H]6CC[C@@H]7CC[C@H](NC(=O)OC)C(=O)N76)[nH]5)cc4c3)cc2C1)c1ccccc1. The van der Waals surface area contributed by atoms with E-state index in [1.54, 1.807) is 0 Å². The molecule has 3 fully saturated rings. The van der Waals surface area contributed by atoms with Gasteiger partial charge in [0.2, 0.25) is 11.8 Å². The zero-order valence-electron chi connectivity index (χ0n) is 32.0. The summed E-state index contributed by atoms with van der Waals surface area (Å²) in [5.41, 5.74) is 6.72. The number of methoxy groups -OCH3 is 2. The van der Waals surface area contributed by atoms with Gasteiger partial charge in [0.1, 0.15) is 11.9 Å². The molecule has 9 rings (SSSR count). The molecule has 0 radical (unpaired) electrons. The third kappa shape index (κ3) is 6.85. The van der Waals surface area contributed by atoms with Crippen LogP contribution in [0.3, 0.4) is 0 Å². The van der Waals surface area contributed by atoms with Crippen molar-refractivity contribution in [3.63, 3.8) is 0 Å². The van der Waals surface area contributed by atoms with Crippen LogP contribution in [-0.4, -0.2) is 92.8 Å². The molecule has 1 unspecified atom stereocenters. The van der Waals surface area contributed by atoms with E-state index in [0.717, 1.165) is 88.2 Å². The van der Waals surface area contributed by atoms with Crippen molar-refractivity contribution < 1.29 is 28.7 Å². The Morgan fingerprint density at radius 2 is 1.74 bits per heavy atom. The number of imidazole rings is 1. The van der Waals surface area contributed by atoms with E-state index in [0.29, 0.717) is 19.4 Å². The Balaban J connectivity index is 0.897. The van der Waals surface area contributed by atoms with E-state index in [-0.39, 0.29) is 36.4 Å². The fourth-order valence-corrected chi connectivity index (χ4v) is 9.30. The molecule has 6 heterocycles. The molecule has 292 valence electrons. The van der Waals surface area contributed by atoms with E-state index in [1.807, 2.05) is 46.3 Å². The smallest absolute Gasteiger partial charge is 0.407 e. The minimum absolute atomic E-state index is 0.00463. The van der Waals surface area contributed by atoms with E-state index in [1.165, 1.54) is 14.2 Å². The number of nitrogens with one attached hydrogen (secondary N) is 2. The molecular weight excluding hydrogens is 723 g/mol. The van der Waals surface area contributed by atoms with Gasteiger partial charge in [-0.2, -0.15) is 0 Å². The molecule has 2 aromatic heterocycles. The summed E-state index contributed by atoms with van der Waals surface area (Å²) in [5, 5.41) is 4.86. The molecular formula is C44H45N7O6. The van der Waals surface area contributed by atoms with Gasteiger partial charge in [-0.1, -0.05) is 42.5 Å². The van der Waals surface area contributed by atoms with Crippen LogP contribution in [0.4, 0.5) is 10.5 Å². The highest BCUT2D eigenvalue weighted by atomic mass is 16.5. The van der Waals surface area contributed by atoms with E-state index in [2.05, 4.69) is 63.7 Å². The fourth-order valence-electron chi connectivity index (χ4n) is 9.30. The first kappa shape index (κ1) is 36.4. The van der Waals surface area contributed by atoms with Gasteiger partial charge in [-0.05, 0) is 79.3 Å². The van der Waals surface area contributed by atoms with Crippen LogP contribution < -0.4 is 5.32 Å². The molecule has 0 aliphatic carbocycles. The number of benzene rings is 3. The summed E-state index contributed by atoms with van der Waals surface area (Å²) in [6.45, 7) is 0.627. The van der Waals surface area contributed by atoms with Gasteiger partial charge in [-0.25, -0.2) is 9.78 Å². The maximum absolute atomic E-state index is 14.1. The number of H-pyrrole nitrogens is 1. The first-order valence-corrected chi connectivity index (χ1v) is 19.7. The number of piperidine rings is 1. The summed E-state index contributed by atoms with van der Waals surface area (Å²) >= 11 is 0.